The minimum atomic E-state index is -0.689. The summed E-state index contributed by atoms with van der Waals surface area (Å²) in [5.74, 6) is -0.790. The fourth-order valence-electron chi connectivity index (χ4n) is 4.47. The van der Waals surface area contributed by atoms with Crippen LogP contribution in [0, 0.1) is 6.92 Å². The molecular weight excluding hydrogens is 422 g/mol. The molecule has 0 radical (unpaired) electrons. The van der Waals surface area contributed by atoms with Gasteiger partial charge in [-0.15, -0.1) is 0 Å². The second kappa shape index (κ2) is 10.1. The van der Waals surface area contributed by atoms with Crippen LogP contribution >= 0.6 is 0 Å². The van der Waals surface area contributed by atoms with E-state index in [9.17, 15) is 14.7 Å². The minimum absolute atomic E-state index is 0.0870. The standard InChI is InChI=1S/C25H29N3O5/c1-17-15-18(6-7-20(17)32-2)23(29)21-22(19-5-3-8-26-16-19)28(25(31)24(21)30)10-4-9-27-11-13-33-14-12-27/h3,5-8,15-16,22,29H,4,9-14H2,1-2H3/b23-21+/t22-/m0/s1. The lowest BCUT2D eigenvalue weighted by atomic mass is 9.95. The van der Waals surface area contributed by atoms with Gasteiger partial charge in [0.25, 0.3) is 11.7 Å². The second-order valence-electron chi connectivity index (χ2n) is 8.27. The van der Waals surface area contributed by atoms with Gasteiger partial charge in [-0.2, -0.15) is 0 Å². The van der Waals surface area contributed by atoms with E-state index in [0.29, 0.717) is 43.1 Å². The van der Waals surface area contributed by atoms with Gasteiger partial charge in [0.1, 0.15) is 11.5 Å². The SMILES string of the molecule is COc1ccc(/C(O)=C2\C(=O)C(=O)N(CCCN3CCOCC3)[C@H]2c2cccnc2)cc1C. The molecule has 1 N–H and O–H groups in total. The van der Waals surface area contributed by atoms with Crippen LogP contribution < -0.4 is 4.74 Å². The van der Waals surface area contributed by atoms with Crippen molar-refractivity contribution in [3.8, 4) is 5.75 Å². The van der Waals surface area contributed by atoms with Gasteiger partial charge in [-0.1, -0.05) is 6.07 Å². The Balaban J connectivity index is 1.66. The van der Waals surface area contributed by atoms with E-state index in [2.05, 4.69) is 9.88 Å². The first kappa shape index (κ1) is 22.9. The summed E-state index contributed by atoms with van der Waals surface area (Å²) < 4.78 is 10.7. The number of Topliss-reactive ketones (excluding diaryl/α,β-unsaturated/α-hetero) is 1. The number of pyridine rings is 1. The molecule has 33 heavy (non-hydrogen) atoms. The van der Waals surface area contributed by atoms with Crippen LogP contribution in [-0.2, 0) is 14.3 Å². The molecule has 2 fully saturated rings. The Bertz CT molecular complexity index is 1050. The molecule has 8 nitrogen and oxygen atoms in total. The predicted octanol–water partition coefficient (Wildman–Crippen LogP) is 2.54. The van der Waals surface area contributed by atoms with Crippen LogP contribution in [0.5, 0.6) is 5.75 Å². The van der Waals surface area contributed by atoms with Gasteiger partial charge in [-0.05, 0) is 48.7 Å². The van der Waals surface area contributed by atoms with Crippen molar-refractivity contribution in [1.82, 2.24) is 14.8 Å². The van der Waals surface area contributed by atoms with E-state index in [1.165, 1.54) is 0 Å². The zero-order chi connectivity index (χ0) is 23.4. The summed E-state index contributed by atoms with van der Waals surface area (Å²) in [5.41, 5.74) is 2.06. The second-order valence-corrected chi connectivity index (χ2v) is 8.27. The summed E-state index contributed by atoms with van der Waals surface area (Å²) in [6.45, 7) is 6.22. The third kappa shape index (κ3) is 4.77. The number of rotatable bonds is 7. The van der Waals surface area contributed by atoms with Gasteiger partial charge < -0.3 is 19.5 Å². The van der Waals surface area contributed by atoms with Crippen molar-refractivity contribution >= 4 is 17.4 Å². The molecule has 2 aromatic rings. The highest BCUT2D eigenvalue weighted by molar-refractivity contribution is 6.46. The average Bonchev–Trinajstić information content (AvgIpc) is 3.10. The Morgan fingerprint density at radius 1 is 1.21 bits per heavy atom. The predicted molar refractivity (Wildman–Crippen MR) is 123 cm³/mol. The Hall–Kier alpha value is -3.23. The normalized spacial score (nSPS) is 20.9. The molecule has 174 valence electrons. The zero-order valence-corrected chi connectivity index (χ0v) is 19.0. The topological polar surface area (TPSA) is 92.2 Å². The van der Waals surface area contributed by atoms with Crippen LogP contribution in [-0.4, -0.2) is 78.1 Å². The zero-order valence-electron chi connectivity index (χ0n) is 19.0. The van der Waals surface area contributed by atoms with Crippen molar-refractivity contribution < 1.29 is 24.2 Å². The Kier molecular flexibility index (Phi) is 7.05. The quantitative estimate of drug-likeness (QED) is 0.393. The molecule has 3 heterocycles. The molecule has 1 atom stereocenters. The number of aliphatic hydroxyl groups excluding tert-OH is 1. The van der Waals surface area contributed by atoms with E-state index in [0.717, 1.165) is 25.2 Å². The molecule has 0 unspecified atom stereocenters. The number of nitrogens with zero attached hydrogens (tertiary/aromatic N) is 3. The lowest BCUT2D eigenvalue weighted by Gasteiger charge is -2.29. The van der Waals surface area contributed by atoms with Gasteiger partial charge >= 0.3 is 0 Å². The number of morpholine rings is 1. The summed E-state index contributed by atoms with van der Waals surface area (Å²) in [4.78, 5) is 34.2. The molecule has 0 spiro atoms. The van der Waals surface area contributed by atoms with Crippen molar-refractivity contribution in [2.75, 3.05) is 46.5 Å². The highest BCUT2D eigenvalue weighted by atomic mass is 16.5. The molecule has 1 aromatic heterocycles. The summed E-state index contributed by atoms with van der Waals surface area (Å²) in [7, 11) is 1.58. The molecule has 1 amide bonds. The van der Waals surface area contributed by atoms with Crippen molar-refractivity contribution in [3.63, 3.8) is 0 Å². The highest BCUT2D eigenvalue weighted by Crippen LogP contribution is 2.39. The molecular formula is C25H29N3O5. The molecule has 4 rings (SSSR count). The number of methoxy groups -OCH3 is 1. The van der Waals surface area contributed by atoms with Gasteiger partial charge in [-0.25, -0.2) is 0 Å². The maximum atomic E-state index is 13.1. The molecule has 8 heteroatoms. The van der Waals surface area contributed by atoms with Gasteiger partial charge in [0.05, 0.1) is 31.9 Å². The van der Waals surface area contributed by atoms with Crippen LogP contribution in [0.2, 0.25) is 0 Å². The van der Waals surface area contributed by atoms with Crippen molar-refractivity contribution in [2.24, 2.45) is 0 Å². The molecule has 0 saturated carbocycles. The highest BCUT2D eigenvalue weighted by Gasteiger charge is 2.46. The van der Waals surface area contributed by atoms with Crippen LogP contribution in [0.4, 0.5) is 0 Å². The van der Waals surface area contributed by atoms with E-state index in [1.54, 1.807) is 48.7 Å². The Morgan fingerprint density at radius 3 is 2.67 bits per heavy atom. The van der Waals surface area contributed by atoms with Gasteiger partial charge in [0, 0.05) is 44.1 Å². The van der Waals surface area contributed by atoms with Crippen LogP contribution in [0.15, 0.2) is 48.3 Å². The van der Waals surface area contributed by atoms with Crippen LogP contribution in [0.1, 0.15) is 29.2 Å². The molecule has 2 saturated heterocycles. The Labute approximate surface area is 193 Å². The number of carbonyl (C=O) groups is 2. The smallest absolute Gasteiger partial charge is 0.295 e. The largest absolute Gasteiger partial charge is 0.507 e. The number of hydrogen-bond acceptors (Lipinski definition) is 7. The first-order valence-corrected chi connectivity index (χ1v) is 11.1. The van der Waals surface area contributed by atoms with E-state index in [1.807, 2.05) is 13.0 Å². The number of ketones is 1. The molecule has 1 aromatic carbocycles. The third-order valence-electron chi connectivity index (χ3n) is 6.19. The van der Waals surface area contributed by atoms with Crippen LogP contribution in [0.25, 0.3) is 5.76 Å². The minimum Gasteiger partial charge on any atom is -0.507 e. The fraction of sp³-hybridized carbons (Fsp3) is 0.400. The molecule has 0 aliphatic carbocycles. The lowest BCUT2D eigenvalue weighted by Crippen LogP contribution is -2.39. The van der Waals surface area contributed by atoms with Crippen molar-refractivity contribution in [1.29, 1.82) is 0 Å². The number of likely N-dealkylation sites (tertiary alicyclic amines) is 1. The van der Waals surface area contributed by atoms with E-state index in [4.69, 9.17) is 9.47 Å². The van der Waals surface area contributed by atoms with Crippen molar-refractivity contribution in [3.05, 3.63) is 65.0 Å². The van der Waals surface area contributed by atoms with Crippen LogP contribution in [0.3, 0.4) is 0 Å². The van der Waals surface area contributed by atoms with E-state index in [-0.39, 0.29) is 11.3 Å². The number of carbonyl (C=O) groups excluding carboxylic acids is 2. The number of aryl methyl sites for hydroxylation is 1. The average molecular weight is 452 g/mol. The lowest BCUT2D eigenvalue weighted by molar-refractivity contribution is -0.140. The van der Waals surface area contributed by atoms with Gasteiger partial charge in [-0.3, -0.25) is 19.5 Å². The summed E-state index contributed by atoms with van der Waals surface area (Å²) in [6, 6.07) is 8.08. The Morgan fingerprint density at radius 2 is 2.00 bits per heavy atom. The van der Waals surface area contributed by atoms with E-state index < -0.39 is 17.7 Å². The molecule has 2 aliphatic heterocycles. The van der Waals surface area contributed by atoms with E-state index >= 15 is 0 Å². The summed E-state index contributed by atoms with van der Waals surface area (Å²) in [6.07, 6.45) is 3.99. The third-order valence-corrected chi connectivity index (χ3v) is 6.19. The number of amides is 1. The number of hydrogen-bond donors (Lipinski definition) is 1. The maximum absolute atomic E-state index is 13.1. The van der Waals surface area contributed by atoms with Crippen molar-refractivity contribution in [2.45, 2.75) is 19.4 Å². The number of benzene rings is 1. The number of aliphatic hydroxyl groups is 1. The number of aromatic nitrogens is 1. The summed E-state index contributed by atoms with van der Waals surface area (Å²) in [5, 5.41) is 11.2. The monoisotopic (exact) mass is 451 g/mol. The fourth-order valence-corrected chi connectivity index (χ4v) is 4.47. The maximum Gasteiger partial charge on any atom is 0.295 e. The van der Waals surface area contributed by atoms with Gasteiger partial charge in [0.2, 0.25) is 0 Å². The first-order valence-electron chi connectivity index (χ1n) is 11.1. The summed E-state index contributed by atoms with van der Waals surface area (Å²) >= 11 is 0. The number of ether oxygens (including phenoxy) is 2. The molecule has 2 aliphatic rings. The first-order chi connectivity index (χ1) is 16.0. The van der Waals surface area contributed by atoms with Gasteiger partial charge in [0.15, 0.2) is 0 Å². The molecule has 0 bridgehead atoms.